The summed E-state index contributed by atoms with van der Waals surface area (Å²) in [5.41, 5.74) is 2.64. The van der Waals surface area contributed by atoms with Crippen molar-refractivity contribution in [2.45, 2.75) is 19.6 Å². The molecule has 24 heavy (non-hydrogen) atoms. The monoisotopic (exact) mass is 327 g/mol. The molecule has 1 heterocycles. The molecule has 3 rings (SSSR count). The van der Waals surface area contributed by atoms with Crippen molar-refractivity contribution in [2.75, 3.05) is 33.4 Å². The minimum atomic E-state index is 0.103. The molecular weight excluding hydrogens is 302 g/mol. The summed E-state index contributed by atoms with van der Waals surface area (Å²) >= 11 is 0. The Hall–Kier alpha value is -2.04. The molecule has 0 unspecified atom stereocenters. The molecule has 1 fully saturated rings. The first-order valence-corrected chi connectivity index (χ1v) is 8.39. The minimum Gasteiger partial charge on any atom is -0.497 e. The number of rotatable bonds is 6. The normalized spacial score (nSPS) is 18.3. The van der Waals surface area contributed by atoms with Gasteiger partial charge in [0.15, 0.2) is 0 Å². The van der Waals surface area contributed by atoms with E-state index in [9.17, 15) is 0 Å². The van der Waals surface area contributed by atoms with E-state index in [0.717, 1.165) is 37.7 Å². The van der Waals surface area contributed by atoms with Crippen LogP contribution in [0.25, 0.3) is 0 Å². The zero-order valence-corrected chi connectivity index (χ0v) is 14.4. The lowest BCUT2D eigenvalue weighted by atomic mass is 10.1. The lowest BCUT2D eigenvalue weighted by molar-refractivity contribution is -0.0504. The first-order valence-electron chi connectivity index (χ1n) is 8.39. The minimum absolute atomic E-state index is 0.103. The van der Waals surface area contributed by atoms with Crippen LogP contribution in [0, 0.1) is 6.92 Å². The average molecular weight is 327 g/mol. The molecule has 0 amide bonds. The molecule has 128 valence electrons. The van der Waals surface area contributed by atoms with Crippen LogP contribution in [-0.2, 0) is 11.3 Å². The van der Waals surface area contributed by atoms with Gasteiger partial charge in [-0.1, -0.05) is 29.8 Å². The van der Waals surface area contributed by atoms with Crippen LogP contribution < -0.4 is 9.47 Å². The second-order valence-corrected chi connectivity index (χ2v) is 6.20. The molecule has 1 aliphatic heterocycles. The van der Waals surface area contributed by atoms with Crippen molar-refractivity contribution < 1.29 is 14.2 Å². The number of hydrogen-bond donors (Lipinski definition) is 0. The number of morpholine rings is 1. The van der Waals surface area contributed by atoms with E-state index in [1.54, 1.807) is 7.11 Å². The highest BCUT2D eigenvalue weighted by molar-refractivity contribution is 5.31. The lowest BCUT2D eigenvalue weighted by Crippen LogP contribution is -2.44. The van der Waals surface area contributed by atoms with E-state index < -0.39 is 0 Å². The van der Waals surface area contributed by atoms with Crippen LogP contribution in [0.3, 0.4) is 0 Å². The molecule has 0 aliphatic carbocycles. The van der Waals surface area contributed by atoms with Crippen molar-refractivity contribution in [3.05, 3.63) is 59.7 Å². The van der Waals surface area contributed by atoms with E-state index in [1.807, 2.05) is 24.3 Å². The van der Waals surface area contributed by atoms with Gasteiger partial charge in [-0.25, -0.2) is 0 Å². The third-order valence-electron chi connectivity index (χ3n) is 4.25. The standard InChI is InChI=1S/C20H25NO3/c1-16-3-5-17(6-4-16)13-21-11-12-23-20(14-21)15-24-19-9-7-18(22-2)8-10-19/h3-10,20H,11-15H2,1-2H3/t20-/m1/s1. The zero-order chi connectivity index (χ0) is 16.8. The van der Waals surface area contributed by atoms with Gasteiger partial charge < -0.3 is 14.2 Å². The van der Waals surface area contributed by atoms with Gasteiger partial charge in [0.1, 0.15) is 24.2 Å². The molecule has 2 aromatic carbocycles. The van der Waals surface area contributed by atoms with Crippen molar-refractivity contribution in [3.63, 3.8) is 0 Å². The molecule has 0 aromatic heterocycles. The van der Waals surface area contributed by atoms with Crippen LogP contribution in [0.5, 0.6) is 11.5 Å². The summed E-state index contributed by atoms with van der Waals surface area (Å²) < 4.78 is 16.8. The Balaban J connectivity index is 1.48. The average Bonchev–Trinajstić information content (AvgIpc) is 2.63. The molecule has 0 N–H and O–H groups in total. The molecule has 1 aliphatic rings. The van der Waals surface area contributed by atoms with E-state index in [2.05, 4.69) is 36.1 Å². The Morgan fingerprint density at radius 2 is 1.75 bits per heavy atom. The molecule has 1 saturated heterocycles. The molecular formula is C20H25NO3. The van der Waals surface area contributed by atoms with Crippen LogP contribution in [-0.4, -0.2) is 44.4 Å². The Morgan fingerprint density at radius 1 is 1.04 bits per heavy atom. The first-order chi connectivity index (χ1) is 11.7. The second-order valence-electron chi connectivity index (χ2n) is 6.20. The van der Waals surface area contributed by atoms with Crippen LogP contribution in [0.1, 0.15) is 11.1 Å². The highest BCUT2D eigenvalue weighted by Crippen LogP contribution is 2.18. The van der Waals surface area contributed by atoms with Gasteiger partial charge in [0.2, 0.25) is 0 Å². The third-order valence-corrected chi connectivity index (χ3v) is 4.25. The number of aryl methyl sites for hydroxylation is 1. The summed E-state index contributed by atoms with van der Waals surface area (Å²) in [6.07, 6.45) is 0.103. The van der Waals surface area contributed by atoms with Gasteiger partial charge in [-0.05, 0) is 36.8 Å². The maximum Gasteiger partial charge on any atom is 0.119 e. The van der Waals surface area contributed by atoms with E-state index >= 15 is 0 Å². The Labute approximate surface area is 144 Å². The van der Waals surface area contributed by atoms with Crippen LogP contribution in [0.15, 0.2) is 48.5 Å². The maximum absolute atomic E-state index is 5.85. The van der Waals surface area contributed by atoms with Crippen molar-refractivity contribution in [3.8, 4) is 11.5 Å². The summed E-state index contributed by atoms with van der Waals surface area (Å²) in [4.78, 5) is 2.43. The molecule has 0 radical (unpaired) electrons. The van der Waals surface area contributed by atoms with Crippen molar-refractivity contribution in [1.82, 2.24) is 4.90 Å². The van der Waals surface area contributed by atoms with Gasteiger partial charge in [-0.2, -0.15) is 0 Å². The lowest BCUT2D eigenvalue weighted by Gasteiger charge is -2.32. The molecule has 0 spiro atoms. The van der Waals surface area contributed by atoms with Crippen LogP contribution in [0.2, 0.25) is 0 Å². The van der Waals surface area contributed by atoms with Crippen molar-refractivity contribution >= 4 is 0 Å². The molecule has 0 saturated carbocycles. The number of ether oxygens (including phenoxy) is 3. The summed E-state index contributed by atoms with van der Waals surface area (Å²) in [5, 5.41) is 0. The van der Waals surface area contributed by atoms with E-state index in [-0.39, 0.29) is 6.10 Å². The zero-order valence-electron chi connectivity index (χ0n) is 14.4. The van der Waals surface area contributed by atoms with Gasteiger partial charge in [0.25, 0.3) is 0 Å². The van der Waals surface area contributed by atoms with E-state index in [1.165, 1.54) is 11.1 Å². The fourth-order valence-corrected chi connectivity index (χ4v) is 2.84. The molecule has 4 nitrogen and oxygen atoms in total. The summed E-state index contributed by atoms with van der Waals surface area (Å²) in [6, 6.07) is 16.4. The number of methoxy groups -OCH3 is 1. The predicted octanol–water partition coefficient (Wildman–Crippen LogP) is 3.28. The largest absolute Gasteiger partial charge is 0.497 e. The van der Waals surface area contributed by atoms with Crippen molar-refractivity contribution in [2.24, 2.45) is 0 Å². The summed E-state index contributed by atoms with van der Waals surface area (Å²) in [5.74, 6) is 1.68. The van der Waals surface area contributed by atoms with Gasteiger partial charge in [0.05, 0.1) is 13.7 Å². The Bertz CT molecular complexity index is 624. The maximum atomic E-state index is 5.85. The fourth-order valence-electron chi connectivity index (χ4n) is 2.84. The van der Waals surface area contributed by atoms with Crippen LogP contribution in [0.4, 0.5) is 0 Å². The molecule has 2 aromatic rings. The van der Waals surface area contributed by atoms with Crippen molar-refractivity contribution in [1.29, 1.82) is 0 Å². The highest BCUT2D eigenvalue weighted by atomic mass is 16.5. The Morgan fingerprint density at radius 3 is 2.46 bits per heavy atom. The SMILES string of the molecule is COc1ccc(OC[C@H]2CN(Cc3ccc(C)cc3)CCO2)cc1. The fraction of sp³-hybridized carbons (Fsp3) is 0.400. The highest BCUT2D eigenvalue weighted by Gasteiger charge is 2.21. The summed E-state index contributed by atoms with van der Waals surface area (Å²) in [7, 11) is 1.66. The molecule has 1 atom stereocenters. The van der Waals surface area contributed by atoms with E-state index in [4.69, 9.17) is 14.2 Å². The number of hydrogen-bond acceptors (Lipinski definition) is 4. The van der Waals surface area contributed by atoms with Gasteiger partial charge >= 0.3 is 0 Å². The topological polar surface area (TPSA) is 30.9 Å². The second kappa shape index (κ2) is 8.18. The molecule has 4 heteroatoms. The van der Waals surface area contributed by atoms with Crippen LogP contribution >= 0.6 is 0 Å². The number of nitrogens with zero attached hydrogens (tertiary/aromatic N) is 1. The van der Waals surface area contributed by atoms with Gasteiger partial charge in [-0.3, -0.25) is 4.90 Å². The molecule has 0 bridgehead atoms. The van der Waals surface area contributed by atoms with Gasteiger partial charge in [0, 0.05) is 19.6 Å². The first kappa shape index (κ1) is 16.8. The third kappa shape index (κ3) is 4.73. The predicted molar refractivity (Wildman–Crippen MR) is 94.7 cm³/mol. The van der Waals surface area contributed by atoms with E-state index in [0.29, 0.717) is 6.61 Å². The quantitative estimate of drug-likeness (QED) is 0.815. The number of benzene rings is 2. The Kier molecular flexibility index (Phi) is 5.72. The van der Waals surface area contributed by atoms with Gasteiger partial charge in [-0.15, -0.1) is 0 Å². The smallest absolute Gasteiger partial charge is 0.119 e. The summed E-state index contributed by atoms with van der Waals surface area (Å²) in [6.45, 7) is 6.25.